The van der Waals surface area contributed by atoms with Crippen molar-refractivity contribution in [3.63, 3.8) is 0 Å². The molecule has 0 amide bonds. The molecule has 1 unspecified atom stereocenters. The van der Waals surface area contributed by atoms with Crippen molar-refractivity contribution in [3.8, 4) is 6.07 Å². The molecule has 0 bridgehead atoms. The van der Waals surface area contributed by atoms with Crippen molar-refractivity contribution in [2.75, 3.05) is 13.1 Å². The lowest BCUT2D eigenvalue weighted by molar-refractivity contribution is 0.137. The molecule has 3 nitrogen and oxygen atoms in total. The molecular weight excluding hydrogens is 258 g/mol. The molecule has 1 saturated heterocycles. The number of hydrogen-bond donors (Lipinski definition) is 1. The summed E-state index contributed by atoms with van der Waals surface area (Å²) in [6, 6.07) is 9.79. The monoisotopic (exact) mass is 283 g/mol. The third-order valence-electron chi connectivity index (χ3n) is 4.81. The number of hydrogen-bond acceptors (Lipinski definition) is 3. The summed E-state index contributed by atoms with van der Waals surface area (Å²) in [5.74, 6) is 0. The topological polar surface area (TPSA) is 39.1 Å². The third kappa shape index (κ3) is 3.84. The van der Waals surface area contributed by atoms with Crippen LogP contribution < -0.4 is 5.32 Å². The Morgan fingerprint density at radius 2 is 2.14 bits per heavy atom. The highest BCUT2D eigenvalue weighted by molar-refractivity contribution is 5.37. The lowest BCUT2D eigenvalue weighted by atomic mass is 9.99. The van der Waals surface area contributed by atoms with Gasteiger partial charge < -0.3 is 5.32 Å². The summed E-state index contributed by atoms with van der Waals surface area (Å²) >= 11 is 0. The molecule has 2 fully saturated rings. The van der Waals surface area contributed by atoms with Crippen LogP contribution >= 0.6 is 0 Å². The Balaban J connectivity index is 1.64. The molecule has 21 heavy (non-hydrogen) atoms. The van der Waals surface area contributed by atoms with E-state index >= 15 is 0 Å². The molecule has 1 aromatic rings. The Morgan fingerprint density at radius 3 is 2.86 bits per heavy atom. The third-order valence-corrected chi connectivity index (χ3v) is 4.81. The first-order chi connectivity index (χ1) is 10.3. The Hall–Kier alpha value is -1.37. The second-order valence-electron chi connectivity index (χ2n) is 6.56. The number of aryl methyl sites for hydroxylation is 1. The van der Waals surface area contributed by atoms with Gasteiger partial charge in [-0.2, -0.15) is 5.26 Å². The summed E-state index contributed by atoms with van der Waals surface area (Å²) in [6.07, 6.45) is 6.72. The second kappa shape index (κ2) is 6.60. The fraction of sp³-hybridized carbons (Fsp3) is 0.611. The minimum absolute atomic E-state index is 0.675. The molecule has 1 heterocycles. The minimum atomic E-state index is 0.675. The molecule has 1 saturated carbocycles. The van der Waals surface area contributed by atoms with E-state index in [2.05, 4.69) is 29.3 Å². The predicted molar refractivity (Wildman–Crippen MR) is 85.0 cm³/mol. The van der Waals surface area contributed by atoms with Gasteiger partial charge in [-0.05, 0) is 62.4 Å². The van der Waals surface area contributed by atoms with Gasteiger partial charge in [0.1, 0.15) is 0 Å². The Morgan fingerprint density at radius 1 is 1.29 bits per heavy atom. The van der Waals surface area contributed by atoms with Crippen molar-refractivity contribution in [1.29, 1.82) is 5.26 Å². The maximum absolute atomic E-state index is 8.98. The van der Waals surface area contributed by atoms with Crippen LogP contribution in [-0.2, 0) is 6.54 Å². The van der Waals surface area contributed by atoms with Crippen molar-refractivity contribution in [1.82, 2.24) is 10.2 Å². The zero-order valence-electron chi connectivity index (χ0n) is 12.9. The lowest BCUT2D eigenvalue weighted by Gasteiger charge is -2.36. The molecule has 0 radical (unpaired) electrons. The first-order valence-electron chi connectivity index (χ1n) is 8.23. The summed E-state index contributed by atoms with van der Waals surface area (Å²) in [4.78, 5) is 2.63. The van der Waals surface area contributed by atoms with Crippen molar-refractivity contribution >= 4 is 0 Å². The van der Waals surface area contributed by atoms with E-state index in [1.807, 2.05) is 12.1 Å². The summed E-state index contributed by atoms with van der Waals surface area (Å²) < 4.78 is 0. The highest BCUT2D eigenvalue weighted by Gasteiger charge is 2.26. The summed E-state index contributed by atoms with van der Waals surface area (Å²) in [5, 5.41) is 12.7. The minimum Gasteiger partial charge on any atom is -0.312 e. The number of piperidine rings is 1. The molecule has 0 spiro atoms. The second-order valence-corrected chi connectivity index (χ2v) is 6.56. The van der Waals surface area contributed by atoms with E-state index in [1.54, 1.807) is 0 Å². The van der Waals surface area contributed by atoms with Crippen molar-refractivity contribution in [2.45, 2.75) is 57.7 Å². The van der Waals surface area contributed by atoms with Crippen LogP contribution in [0.2, 0.25) is 0 Å². The van der Waals surface area contributed by atoms with E-state index in [0.717, 1.165) is 24.7 Å². The quantitative estimate of drug-likeness (QED) is 0.903. The highest BCUT2D eigenvalue weighted by atomic mass is 15.2. The van der Waals surface area contributed by atoms with Gasteiger partial charge in [-0.1, -0.05) is 12.5 Å². The Kier molecular flexibility index (Phi) is 4.57. The van der Waals surface area contributed by atoms with Crippen molar-refractivity contribution in [3.05, 3.63) is 34.9 Å². The van der Waals surface area contributed by atoms with Crippen LogP contribution in [0, 0.1) is 18.3 Å². The standard InChI is InChI=1S/C18H25N3/c1-14-10-15(11-19)5-6-16(14)13-21-9-3-2-4-18(21)12-20-17-7-8-17/h5-6,10,17-18,20H,2-4,7-9,12-13H2,1H3. The molecule has 1 aliphatic heterocycles. The highest BCUT2D eigenvalue weighted by Crippen LogP contribution is 2.23. The van der Waals surface area contributed by atoms with Crippen LogP contribution in [-0.4, -0.2) is 30.1 Å². The largest absolute Gasteiger partial charge is 0.312 e. The van der Waals surface area contributed by atoms with E-state index < -0.39 is 0 Å². The Bertz CT molecular complexity index is 528. The number of nitriles is 1. The number of nitrogens with one attached hydrogen (secondary N) is 1. The number of benzene rings is 1. The maximum Gasteiger partial charge on any atom is 0.0991 e. The van der Waals surface area contributed by atoms with Crippen LogP contribution in [0.15, 0.2) is 18.2 Å². The van der Waals surface area contributed by atoms with E-state index in [1.165, 1.54) is 49.8 Å². The average molecular weight is 283 g/mol. The molecule has 1 atom stereocenters. The van der Waals surface area contributed by atoms with Gasteiger partial charge in [0, 0.05) is 25.2 Å². The first-order valence-corrected chi connectivity index (χ1v) is 8.23. The zero-order valence-corrected chi connectivity index (χ0v) is 12.9. The molecule has 1 aromatic carbocycles. The van der Waals surface area contributed by atoms with Gasteiger partial charge in [-0.3, -0.25) is 4.90 Å². The molecule has 1 N–H and O–H groups in total. The average Bonchev–Trinajstić information content (AvgIpc) is 3.32. The van der Waals surface area contributed by atoms with E-state index in [4.69, 9.17) is 5.26 Å². The van der Waals surface area contributed by atoms with E-state index in [0.29, 0.717) is 6.04 Å². The van der Waals surface area contributed by atoms with Crippen LogP contribution in [0.4, 0.5) is 0 Å². The van der Waals surface area contributed by atoms with E-state index in [9.17, 15) is 0 Å². The fourth-order valence-corrected chi connectivity index (χ4v) is 3.25. The molecule has 112 valence electrons. The van der Waals surface area contributed by atoms with Gasteiger partial charge in [0.05, 0.1) is 11.6 Å². The van der Waals surface area contributed by atoms with Gasteiger partial charge in [-0.15, -0.1) is 0 Å². The van der Waals surface area contributed by atoms with Crippen LogP contribution in [0.5, 0.6) is 0 Å². The zero-order chi connectivity index (χ0) is 14.7. The number of rotatable bonds is 5. The van der Waals surface area contributed by atoms with Crippen LogP contribution in [0.25, 0.3) is 0 Å². The summed E-state index contributed by atoms with van der Waals surface area (Å²) in [6.45, 7) is 5.49. The summed E-state index contributed by atoms with van der Waals surface area (Å²) in [7, 11) is 0. The van der Waals surface area contributed by atoms with Gasteiger partial charge in [0.15, 0.2) is 0 Å². The first kappa shape index (κ1) is 14.6. The molecule has 2 aliphatic rings. The van der Waals surface area contributed by atoms with Crippen LogP contribution in [0.1, 0.15) is 48.8 Å². The van der Waals surface area contributed by atoms with Gasteiger partial charge in [0.2, 0.25) is 0 Å². The normalized spacial score (nSPS) is 23.0. The molecular formula is C18H25N3. The van der Waals surface area contributed by atoms with Gasteiger partial charge in [0.25, 0.3) is 0 Å². The SMILES string of the molecule is Cc1cc(C#N)ccc1CN1CCCCC1CNC1CC1. The van der Waals surface area contributed by atoms with E-state index in [-0.39, 0.29) is 0 Å². The fourth-order valence-electron chi connectivity index (χ4n) is 3.25. The maximum atomic E-state index is 8.98. The van der Waals surface area contributed by atoms with Crippen LogP contribution in [0.3, 0.4) is 0 Å². The Labute approximate surface area is 128 Å². The predicted octanol–water partition coefficient (Wildman–Crippen LogP) is 2.97. The molecule has 1 aliphatic carbocycles. The molecule has 0 aromatic heterocycles. The molecule has 3 rings (SSSR count). The number of likely N-dealkylation sites (tertiary alicyclic amines) is 1. The summed E-state index contributed by atoms with van der Waals surface area (Å²) in [5.41, 5.74) is 3.38. The van der Waals surface area contributed by atoms with Crippen molar-refractivity contribution in [2.24, 2.45) is 0 Å². The molecule has 3 heteroatoms. The van der Waals surface area contributed by atoms with Gasteiger partial charge >= 0.3 is 0 Å². The lowest BCUT2D eigenvalue weighted by Crippen LogP contribution is -2.45. The smallest absolute Gasteiger partial charge is 0.0991 e. The number of nitrogens with zero attached hydrogens (tertiary/aromatic N) is 2. The van der Waals surface area contributed by atoms with Crippen molar-refractivity contribution < 1.29 is 0 Å². The van der Waals surface area contributed by atoms with Gasteiger partial charge in [-0.25, -0.2) is 0 Å².